The summed E-state index contributed by atoms with van der Waals surface area (Å²) in [4.78, 5) is 12.3. The largest absolute Gasteiger partial charge is 0.397 e. The van der Waals surface area contributed by atoms with E-state index < -0.39 is 4.92 Å². The smallest absolute Gasteiger partial charge is 0.271 e. The Morgan fingerprint density at radius 3 is 2.95 bits per heavy atom. The minimum absolute atomic E-state index is 0.0237. The van der Waals surface area contributed by atoms with Crippen molar-refractivity contribution >= 4 is 17.1 Å². The normalized spacial score (nSPS) is 19.1. The van der Waals surface area contributed by atoms with E-state index in [0.717, 1.165) is 38.3 Å². The lowest BCUT2D eigenvalue weighted by molar-refractivity contribution is -0.384. The molecule has 1 aliphatic rings. The van der Waals surface area contributed by atoms with Crippen molar-refractivity contribution in [1.29, 1.82) is 0 Å². The Kier molecular flexibility index (Phi) is 4.21. The van der Waals surface area contributed by atoms with Gasteiger partial charge in [0.2, 0.25) is 0 Å². The lowest BCUT2D eigenvalue weighted by Crippen LogP contribution is -2.31. The summed E-state index contributed by atoms with van der Waals surface area (Å²) in [5.41, 5.74) is 7.18. The number of non-ortho nitro benzene ring substituents is 1. The highest BCUT2D eigenvalue weighted by Gasteiger charge is 2.18. The van der Waals surface area contributed by atoms with Crippen molar-refractivity contribution in [2.45, 2.75) is 12.8 Å². The van der Waals surface area contributed by atoms with Gasteiger partial charge in [0.15, 0.2) is 0 Å². The van der Waals surface area contributed by atoms with Crippen molar-refractivity contribution in [2.24, 2.45) is 5.92 Å². The van der Waals surface area contributed by atoms with Gasteiger partial charge in [-0.05, 0) is 24.8 Å². The summed E-state index contributed by atoms with van der Waals surface area (Å²) in [5.74, 6) is 0.494. The van der Waals surface area contributed by atoms with Crippen LogP contribution in [0.2, 0.25) is 0 Å². The maximum absolute atomic E-state index is 10.7. The van der Waals surface area contributed by atoms with Crippen LogP contribution in [0, 0.1) is 16.0 Å². The summed E-state index contributed by atoms with van der Waals surface area (Å²) in [6.45, 7) is 2.47. The minimum atomic E-state index is -0.435. The molecule has 2 N–H and O–H groups in total. The monoisotopic (exact) mass is 265 g/mol. The van der Waals surface area contributed by atoms with Crippen LogP contribution >= 0.6 is 0 Å². The molecule has 1 heterocycles. The molecule has 0 saturated carbocycles. The van der Waals surface area contributed by atoms with Crippen LogP contribution in [0.3, 0.4) is 0 Å². The summed E-state index contributed by atoms with van der Waals surface area (Å²) >= 11 is 0. The maximum Gasteiger partial charge on any atom is 0.271 e. The van der Waals surface area contributed by atoms with Gasteiger partial charge in [0, 0.05) is 32.3 Å². The van der Waals surface area contributed by atoms with Crippen LogP contribution in [-0.4, -0.2) is 31.7 Å². The van der Waals surface area contributed by atoms with Gasteiger partial charge in [-0.1, -0.05) is 0 Å². The van der Waals surface area contributed by atoms with Gasteiger partial charge in [-0.25, -0.2) is 0 Å². The third kappa shape index (κ3) is 3.35. The third-order valence-electron chi connectivity index (χ3n) is 3.42. The van der Waals surface area contributed by atoms with Gasteiger partial charge in [0.05, 0.1) is 22.9 Å². The number of rotatable bonds is 4. The molecule has 6 heteroatoms. The van der Waals surface area contributed by atoms with E-state index in [4.69, 9.17) is 10.5 Å². The topological polar surface area (TPSA) is 81.6 Å². The number of hydrogen-bond donors (Lipinski definition) is 1. The van der Waals surface area contributed by atoms with Crippen LogP contribution in [0.1, 0.15) is 12.8 Å². The van der Waals surface area contributed by atoms with Crippen molar-refractivity contribution in [3.63, 3.8) is 0 Å². The van der Waals surface area contributed by atoms with E-state index in [-0.39, 0.29) is 5.69 Å². The second-order valence-corrected chi connectivity index (χ2v) is 4.96. The molecule has 1 atom stereocenters. The fourth-order valence-corrected chi connectivity index (χ4v) is 2.44. The van der Waals surface area contributed by atoms with E-state index in [1.54, 1.807) is 6.07 Å². The van der Waals surface area contributed by atoms with Crippen LogP contribution in [0.5, 0.6) is 0 Å². The molecule has 0 amide bonds. The zero-order chi connectivity index (χ0) is 13.8. The SMILES string of the molecule is CN(CC1CCCOC1)c1ccc([N+](=O)[O-])cc1N. The average molecular weight is 265 g/mol. The van der Waals surface area contributed by atoms with E-state index in [1.807, 2.05) is 11.9 Å². The maximum atomic E-state index is 10.7. The Morgan fingerprint density at radius 2 is 2.37 bits per heavy atom. The first-order valence-corrected chi connectivity index (χ1v) is 6.40. The molecule has 104 valence electrons. The number of anilines is 2. The van der Waals surface area contributed by atoms with E-state index in [1.165, 1.54) is 12.1 Å². The Hall–Kier alpha value is -1.82. The number of nitrogens with zero attached hydrogens (tertiary/aromatic N) is 2. The average Bonchev–Trinajstić information content (AvgIpc) is 2.39. The lowest BCUT2D eigenvalue weighted by atomic mass is 10.0. The lowest BCUT2D eigenvalue weighted by Gasteiger charge is -2.29. The van der Waals surface area contributed by atoms with Crippen LogP contribution < -0.4 is 10.6 Å². The van der Waals surface area contributed by atoms with E-state index in [9.17, 15) is 10.1 Å². The van der Waals surface area contributed by atoms with Crippen molar-refractivity contribution in [3.8, 4) is 0 Å². The molecular formula is C13H19N3O3. The summed E-state index contributed by atoms with van der Waals surface area (Å²) in [5, 5.41) is 10.7. The fraction of sp³-hybridized carbons (Fsp3) is 0.538. The standard InChI is InChI=1S/C13H19N3O3/c1-15(8-10-3-2-6-19-9-10)13-5-4-11(16(17)18)7-12(13)14/h4-5,7,10H,2-3,6,8-9,14H2,1H3. The molecular weight excluding hydrogens is 246 g/mol. The molecule has 0 spiro atoms. The van der Waals surface area contributed by atoms with E-state index in [0.29, 0.717) is 11.6 Å². The number of hydrogen-bond acceptors (Lipinski definition) is 5. The van der Waals surface area contributed by atoms with Crippen molar-refractivity contribution < 1.29 is 9.66 Å². The van der Waals surface area contributed by atoms with Gasteiger partial charge in [-0.15, -0.1) is 0 Å². The molecule has 1 saturated heterocycles. The van der Waals surface area contributed by atoms with Crippen LogP contribution in [-0.2, 0) is 4.74 Å². The quantitative estimate of drug-likeness (QED) is 0.512. The number of nitro benzene ring substituents is 1. The first-order valence-electron chi connectivity index (χ1n) is 6.40. The van der Waals surface area contributed by atoms with Gasteiger partial charge in [0.1, 0.15) is 0 Å². The number of benzene rings is 1. The summed E-state index contributed by atoms with van der Waals surface area (Å²) < 4.78 is 5.45. The highest BCUT2D eigenvalue weighted by molar-refractivity contribution is 5.70. The molecule has 1 aromatic carbocycles. The number of ether oxygens (including phenoxy) is 1. The predicted octanol–water partition coefficient (Wildman–Crippen LogP) is 2.04. The van der Waals surface area contributed by atoms with Gasteiger partial charge >= 0.3 is 0 Å². The van der Waals surface area contributed by atoms with Gasteiger partial charge in [0.25, 0.3) is 5.69 Å². The number of nitrogens with two attached hydrogens (primary N) is 1. The second kappa shape index (κ2) is 5.88. The zero-order valence-electron chi connectivity index (χ0n) is 11.0. The van der Waals surface area contributed by atoms with E-state index >= 15 is 0 Å². The molecule has 1 aromatic rings. The predicted molar refractivity (Wildman–Crippen MR) is 74.3 cm³/mol. The van der Waals surface area contributed by atoms with Crippen LogP contribution in [0.25, 0.3) is 0 Å². The molecule has 0 radical (unpaired) electrons. The molecule has 0 aliphatic carbocycles. The van der Waals surface area contributed by atoms with Crippen molar-refractivity contribution in [1.82, 2.24) is 0 Å². The Morgan fingerprint density at radius 1 is 1.58 bits per heavy atom. The molecule has 1 unspecified atom stereocenters. The zero-order valence-corrected chi connectivity index (χ0v) is 11.0. The molecule has 1 aliphatic heterocycles. The Balaban J connectivity index is 2.05. The molecule has 1 fully saturated rings. The molecule has 2 rings (SSSR count). The fourth-order valence-electron chi connectivity index (χ4n) is 2.44. The molecule has 0 bridgehead atoms. The number of nitrogen functional groups attached to an aromatic ring is 1. The summed E-state index contributed by atoms with van der Waals surface area (Å²) in [7, 11) is 1.95. The first-order chi connectivity index (χ1) is 9.08. The van der Waals surface area contributed by atoms with Crippen molar-refractivity contribution in [2.75, 3.05) is 37.4 Å². The van der Waals surface area contributed by atoms with Gasteiger partial charge < -0.3 is 15.4 Å². The Labute approximate surface area is 112 Å². The van der Waals surface area contributed by atoms with Crippen molar-refractivity contribution in [3.05, 3.63) is 28.3 Å². The van der Waals surface area contributed by atoms with Gasteiger partial charge in [-0.2, -0.15) is 0 Å². The highest BCUT2D eigenvalue weighted by Crippen LogP contribution is 2.28. The molecule has 19 heavy (non-hydrogen) atoms. The summed E-state index contributed by atoms with van der Waals surface area (Å²) in [6, 6.07) is 4.60. The minimum Gasteiger partial charge on any atom is -0.397 e. The third-order valence-corrected chi connectivity index (χ3v) is 3.42. The second-order valence-electron chi connectivity index (χ2n) is 4.96. The van der Waals surface area contributed by atoms with E-state index in [2.05, 4.69) is 0 Å². The first kappa shape index (κ1) is 13.6. The Bertz CT molecular complexity index is 458. The van der Waals surface area contributed by atoms with Crippen LogP contribution in [0.15, 0.2) is 18.2 Å². The van der Waals surface area contributed by atoms with Gasteiger partial charge in [-0.3, -0.25) is 10.1 Å². The van der Waals surface area contributed by atoms with Crippen LogP contribution in [0.4, 0.5) is 17.1 Å². The highest BCUT2D eigenvalue weighted by atomic mass is 16.6. The molecule has 6 nitrogen and oxygen atoms in total. The summed E-state index contributed by atoms with van der Waals surface area (Å²) in [6.07, 6.45) is 2.24. The number of nitro groups is 1. The molecule has 0 aromatic heterocycles.